The lowest BCUT2D eigenvalue weighted by atomic mass is 9.42. The van der Waals surface area contributed by atoms with Crippen molar-refractivity contribution in [1.82, 2.24) is 0 Å². The van der Waals surface area contributed by atoms with E-state index in [0.29, 0.717) is 26.1 Å². The van der Waals surface area contributed by atoms with Gasteiger partial charge in [-0.05, 0) is 31.1 Å². The van der Waals surface area contributed by atoms with Crippen LogP contribution in [0.25, 0.3) is 0 Å². The van der Waals surface area contributed by atoms with Crippen LogP contribution < -0.4 is 0 Å². The largest absolute Gasteiger partial charge is 0.386 e. The minimum Gasteiger partial charge on any atom is -0.386 e. The molecule has 27 heavy (non-hydrogen) atoms. The molecule has 0 N–H and O–H groups in total. The second kappa shape index (κ2) is 4.88. The Bertz CT molecular complexity index is 811. The van der Waals surface area contributed by atoms with Crippen LogP contribution in [0.5, 0.6) is 0 Å². The van der Waals surface area contributed by atoms with E-state index in [4.69, 9.17) is 14.2 Å². The first kappa shape index (κ1) is 16.4. The molecule has 0 aromatic heterocycles. The van der Waals surface area contributed by atoms with Gasteiger partial charge in [0.15, 0.2) is 6.29 Å². The van der Waals surface area contributed by atoms with Gasteiger partial charge in [-0.3, -0.25) is 4.79 Å². The molecule has 4 aliphatic heterocycles. The lowest BCUT2D eigenvalue weighted by Gasteiger charge is -2.63. The highest BCUT2D eigenvalue weighted by atomic mass is 16.7. The number of ether oxygens (including phenoxy) is 4. The summed E-state index contributed by atoms with van der Waals surface area (Å²) in [4.78, 5) is 36.9. The number of esters is 2. The van der Waals surface area contributed by atoms with E-state index in [1.54, 1.807) is 0 Å². The maximum Gasteiger partial charge on any atom is 0.344 e. The third-order valence-corrected chi connectivity index (χ3v) is 8.31. The summed E-state index contributed by atoms with van der Waals surface area (Å²) in [6, 6.07) is 0. The Labute approximate surface area is 156 Å². The van der Waals surface area contributed by atoms with Crippen molar-refractivity contribution in [2.75, 3.05) is 13.2 Å². The number of carbonyl (C=O) groups is 3. The van der Waals surface area contributed by atoms with Crippen molar-refractivity contribution in [3.05, 3.63) is 11.6 Å². The molecule has 2 aliphatic carbocycles. The number of carbonyl (C=O) groups excluding carboxylic acids is 3. The molecule has 144 valence electrons. The lowest BCUT2D eigenvalue weighted by Crippen LogP contribution is -2.70. The molecule has 2 saturated carbocycles. The molecule has 7 atom stereocenters. The van der Waals surface area contributed by atoms with Gasteiger partial charge in [0.05, 0.1) is 30.3 Å². The van der Waals surface area contributed by atoms with E-state index < -0.39 is 29.7 Å². The molecule has 2 bridgehead atoms. The van der Waals surface area contributed by atoms with E-state index in [1.165, 1.54) is 6.08 Å². The molecular weight excluding hydrogens is 352 g/mol. The minimum atomic E-state index is -0.642. The number of epoxide rings is 1. The fraction of sp³-hybridized carbons (Fsp3) is 0.750. The van der Waals surface area contributed by atoms with E-state index in [2.05, 4.69) is 11.7 Å². The second-order valence-electron chi connectivity index (χ2n) is 9.12. The van der Waals surface area contributed by atoms with E-state index in [0.717, 1.165) is 19.3 Å². The van der Waals surface area contributed by atoms with Crippen LogP contribution in [0.4, 0.5) is 0 Å². The topological polar surface area (TPSA) is 91.4 Å². The Balaban J connectivity index is 1.45. The predicted octanol–water partition coefficient (Wildman–Crippen LogP) is 1.29. The maximum absolute atomic E-state index is 13.3. The van der Waals surface area contributed by atoms with E-state index in [1.807, 2.05) is 0 Å². The van der Waals surface area contributed by atoms with Gasteiger partial charge in [-0.2, -0.15) is 0 Å². The van der Waals surface area contributed by atoms with Crippen LogP contribution in [-0.4, -0.2) is 48.9 Å². The molecule has 7 nitrogen and oxygen atoms in total. The third-order valence-electron chi connectivity index (χ3n) is 8.31. The van der Waals surface area contributed by atoms with Gasteiger partial charge in [0.2, 0.25) is 0 Å². The third kappa shape index (κ3) is 1.72. The average Bonchev–Trinajstić information content (AvgIpc) is 3.16. The molecule has 4 heterocycles. The van der Waals surface area contributed by atoms with Crippen LogP contribution in [-0.2, 0) is 33.3 Å². The van der Waals surface area contributed by atoms with Gasteiger partial charge in [0, 0.05) is 17.9 Å². The van der Waals surface area contributed by atoms with E-state index in [-0.39, 0.29) is 34.2 Å². The smallest absolute Gasteiger partial charge is 0.344 e. The molecule has 7 heteroatoms. The number of hydrogen-bond donors (Lipinski definition) is 0. The van der Waals surface area contributed by atoms with Gasteiger partial charge in [-0.1, -0.05) is 13.3 Å². The van der Waals surface area contributed by atoms with Crippen molar-refractivity contribution >= 4 is 17.7 Å². The summed E-state index contributed by atoms with van der Waals surface area (Å²) in [5, 5.41) is 0. The molecule has 6 rings (SSSR count). The number of ketones is 1. The molecule has 3 saturated heterocycles. The zero-order valence-corrected chi connectivity index (χ0v) is 15.2. The first-order chi connectivity index (χ1) is 12.9. The standard InChI is InChI=1S/C20H22O7/c1-10-5-14(21)20-9-24-17-19(10,13(20)3-2-4-18(20)8-25-18)7-12(26-17)11-6-15(22)27-16(11)23/h6,10,12-13,17H,2-5,7-9H2,1H3/t10-,12+,13-,17+,18+,19+,20+/m1/s1. The zero-order chi connectivity index (χ0) is 18.6. The number of rotatable bonds is 1. The highest BCUT2D eigenvalue weighted by Gasteiger charge is 2.79. The Kier molecular flexibility index (Phi) is 2.96. The normalized spacial score (nSPS) is 53.1. The predicted molar refractivity (Wildman–Crippen MR) is 88.1 cm³/mol. The summed E-state index contributed by atoms with van der Waals surface area (Å²) in [6.07, 6.45) is 4.17. The Morgan fingerprint density at radius 3 is 2.70 bits per heavy atom. The Morgan fingerprint density at radius 2 is 2.00 bits per heavy atom. The molecule has 0 aromatic carbocycles. The van der Waals surface area contributed by atoms with Crippen molar-refractivity contribution in [3.63, 3.8) is 0 Å². The summed E-state index contributed by atoms with van der Waals surface area (Å²) >= 11 is 0. The molecule has 0 radical (unpaired) electrons. The van der Waals surface area contributed by atoms with Crippen molar-refractivity contribution < 1.29 is 33.3 Å². The molecule has 6 aliphatic rings. The Morgan fingerprint density at radius 1 is 1.19 bits per heavy atom. The van der Waals surface area contributed by atoms with Crippen LogP contribution in [0.2, 0.25) is 0 Å². The summed E-state index contributed by atoms with van der Waals surface area (Å²) < 4.78 is 23.0. The van der Waals surface area contributed by atoms with Crippen molar-refractivity contribution in [3.8, 4) is 0 Å². The second-order valence-corrected chi connectivity index (χ2v) is 9.12. The van der Waals surface area contributed by atoms with Crippen molar-refractivity contribution in [2.45, 2.75) is 57.0 Å². The van der Waals surface area contributed by atoms with Crippen LogP contribution in [0.15, 0.2) is 11.6 Å². The molecule has 0 unspecified atom stereocenters. The SMILES string of the molecule is C[C@@H]1CC(=O)[C@]23CO[C@H]4O[C@H](C5=CC(=O)OC5=O)C[C@]41[C@H]2CCC[C@]31CO1. The monoisotopic (exact) mass is 374 g/mol. The fourth-order valence-electron chi connectivity index (χ4n) is 7.01. The summed E-state index contributed by atoms with van der Waals surface area (Å²) in [5.41, 5.74) is -1.03. The number of hydrogen-bond acceptors (Lipinski definition) is 7. The van der Waals surface area contributed by atoms with Crippen LogP contribution in [0.3, 0.4) is 0 Å². The van der Waals surface area contributed by atoms with Gasteiger partial charge >= 0.3 is 11.9 Å². The van der Waals surface area contributed by atoms with Crippen LogP contribution >= 0.6 is 0 Å². The van der Waals surface area contributed by atoms with Crippen LogP contribution in [0, 0.1) is 22.7 Å². The quantitative estimate of drug-likeness (QED) is 0.388. The van der Waals surface area contributed by atoms with Gasteiger partial charge in [0.25, 0.3) is 0 Å². The number of Topliss-reactive ketones (excluding diaryl/α,β-unsaturated/α-hetero) is 1. The summed E-state index contributed by atoms with van der Waals surface area (Å²) in [5.74, 6) is -0.803. The van der Waals surface area contributed by atoms with E-state index in [9.17, 15) is 14.4 Å². The maximum atomic E-state index is 13.3. The number of cyclic esters (lactones) is 2. The average molecular weight is 374 g/mol. The zero-order valence-electron chi connectivity index (χ0n) is 15.2. The highest BCUT2D eigenvalue weighted by molar-refractivity contribution is 6.09. The van der Waals surface area contributed by atoms with Gasteiger partial charge in [-0.25, -0.2) is 9.59 Å². The lowest BCUT2D eigenvalue weighted by molar-refractivity contribution is -0.292. The van der Waals surface area contributed by atoms with Crippen LogP contribution in [0.1, 0.15) is 39.0 Å². The fourth-order valence-corrected chi connectivity index (χ4v) is 7.01. The minimum absolute atomic E-state index is 0.0843. The molecule has 0 amide bonds. The molecular formula is C20H22O7. The van der Waals surface area contributed by atoms with Gasteiger partial charge in [0.1, 0.15) is 11.4 Å². The Hall–Kier alpha value is -1.57. The van der Waals surface area contributed by atoms with Crippen molar-refractivity contribution in [1.29, 1.82) is 0 Å². The first-order valence-corrected chi connectivity index (χ1v) is 9.85. The summed E-state index contributed by atoms with van der Waals surface area (Å²) in [6.45, 7) is 3.05. The highest BCUT2D eigenvalue weighted by Crippen LogP contribution is 2.72. The molecule has 5 fully saturated rings. The van der Waals surface area contributed by atoms with Gasteiger partial charge < -0.3 is 18.9 Å². The van der Waals surface area contributed by atoms with Crippen molar-refractivity contribution in [2.24, 2.45) is 22.7 Å². The first-order valence-electron chi connectivity index (χ1n) is 9.85. The molecule has 0 aromatic rings. The summed E-state index contributed by atoms with van der Waals surface area (Å²) in [7, 11) is 0. The van der Waals surface area contributed by atoms with E-state index >= 15 is 0 Å². The molecule has 2 spiro atoms. The van der Waals surface area contributed by atoms with Gasteiger partial charge in [-0.15, -0.1) is 0 Å².